The van der Waals surface area contributed by atoms with Crippen molar-refractivity contribution in [2.24, 2.45) is 0 Å². The molecule has 0 bridgehead atoms. The van der Waals surface area contributed by atoms with Gasteiger partial charge in [-0.3, -0.25) is 14.6 Å². The van der Waals surface area contributed by atoms with Crippen LogP contribution < -0.4 is 11.2 Å². The summed E-state index contributed by atoms with van der Waals surface area (Å²) in [5.74, 6) is -1.91. The van der Waals surface area contributed by atoms with Gasteiger partial charge in [0.15, 0.2) is 0 Å². The van der Waals surface area contributed by atoms with Crippen molar-refractivity contribution in [3.8, 4) is 0 Å². The van der Waals surface area contributed by atoms with Crippen LogP contribution in [0.2, 0.25) is 0 Å². The maximum Gasteiger partial charge on any atom is 0.329 e. The Labute approximate surface area is 108 Å². The van der Waals surface area contributed by atoms with Gasteiger partial charge in [0, 0.05) is 12.6 Å². The molecule has 1 amide bonds. The highest BCUT2D eigenvalue weighted by atomic mass is 16.4. The van der Waals surface area contributed by atoms with E-state index >= 15 is 0 Å². The number of carbonyl (C=O) groups excluding carboxylic acids is 1. The minimum absolute atomic E-state index is 0.118. The second kappa shape index (κ2) is 5.09. The summed E-state index contributed by atoms with van der Waals surface area (Å²) in [5.41, 5.74) is -3.24. The van der Waals surface area contributed by atoms with E-state index in [1.807, 2.05) is 4.98 Å². The van der Waals surface area contributed by atoms with Crippen LogP contribution in [-0.2, 0) is 4.79 Å². The molecular weight excluding hydrogens is 254 g/mol. The Balaban J connectivity index is 3.27. The van der Waals surface area contributed by atoms with Gasteiger partial charge in [-0.05, 0) is 20.8 Å². The highest BCUT2D eigenvalue weighted by Crippen LogP contribution is 2.16. The molecule has 3 N–H and O–H groups in total. The molecule has 0 atom stereocenters. The number of hydrogen-bond acceptors (Lipinski definition) is 4. The number of nitrogens with zero attached hydrogens (tertiary/aromatic N) is 1. The molecule has 19 heavy (non-hydrogen) atoms. The molecule has 1 heterocycles. The lowest BCUT2D eigenvalue weighted by molar-refractivity contribution is -0.147. The lowest BCUT2D eigenvalue weighted by Gasteiger charge is -2.33. The smallest absolute Gasteiger partial charge is 0.329 e. The Morgan fingerprint density at radius 1 is 1.32 bits per heavy atom. The SMILES string of the molecule is CCN(C(=O)c1cc(=O)[nH]c(=O)[nH]1)C(C)(C)C(=O)O. The molecule has 0 unspecified atom stereocenters. The van der Waals surface area contributed by atoms with Gasteiger partial charge in [0.05, 0.1) is 0 Å². The predicted octanol–water partition coefficient (Wildman–Crippen LogP) is -0.611. The molecule has 0 aliphatic rings. The van der Waals surface area contributed by atoms with Gasteiger partial charge in [-0.1, -0.05) is 0 Å². The van der Waals surface area contributed by atoms with Crippen molar-refractivity contribution >= 4 is 11.9 Å². The highest BCUT2D eigenvalue weighted by molar-refractivity contribution is 5.96. The first-order chi connectivity index (χ1) is 8.70. The lowest BCUT2D eigenvalue weighted by Crippen LogP contribution is -2.53. The molecule has 1 aromatic heterocycles. The summed E-state index contributed by atoms with van der Waals surface area (Å²) in [4.78, 5) is 50.8. The Morgan fingerprint density at radius 2 is 1.89 bits per heavy atom. The summed E-state index contributed by atoms with van der Waals surface area (Å²) in [5, 5.41) is 9.11. The largest absolute Gasteiger partial charge is 0.480 e. The maximum atomic E-state index is 12.2. The van der Waals surface area contributed by atoms with E-state index in [1.165, 1.54) is 13.8 Å². The number of carboxylic acid groups (broad SMARTS) is 1. The van der Waals surface area contributed by atoms with Gasteiger partial charge in [0.2, 0.25) is 0 Å². The zero-order chi connectivity index (χ0) is 14.8. The molecule has 0 saturated heterocycles. The van der Waals surface area contributed by atoms with Gasteiger partial charge in [0.25, 0.3) is 11.5 Å². The molecule has 0 aromatic carbocycles. The third-order valence-electron chi connectivity index (χ3n) is 2.75. The van der Waals surface area contributed by atoms with Crippen molar-refractivity contribution < 1.29 is 14.7 Å². The molecule has 0 radical (unpaired) electrons. The van der Waals surface area contributed by atoms with Gasteiger partial charge in [-0.2, -0.15) is 0 Å². The van der Waals surface area contributed by atoms with Crippen molar-refractivity contribution in [2.45, 2.75) is 26.3 Å². The second-order valence-corrected chi connectivity index (χ2v) is 4.41. The van der Waals surface area contributed by atoms with Gasteiger partial charge in [-0.25, -0.2) is 9.59 Å². The van der Waals surface area contributed by atoms with Gasteiger partial charge in [-0.15, -0.1) is 0 Å². The maximum absolute atomic E-state index is 12.2. The average molecular weight is 269 g/mol. The zero-order valence-corrected chi connectivity index (χ0v) is 10.8. The number of aliphatic carboxylic acids is 1. The van der Waals surface area contributed by atoms with Crippen molar-refractivity contribution in [3.63, 3.8) is 0 Å². The first-order valence-electron chi connectivity index (χ1n) is 5.59. The summed E-state index contributed by atoms with van der Waals surface area (Å²) >= 11 is 0. The van der Waals surface area contributed by atoms with E-state index in [4.69, 9.17) is 5.11 Å². The Kier molecular flexibility index (Phi) is 3.93. The van der Waals surface area contributed by atoms with E-state index in [9.17, 15) is 19.2 Å². The van der Waals surface area contributed by atoms with E-state index in [1.54, 1.807) is 6.92 Å². The summed E-state index contributed by atoms with van der Waals surface area (Å²) < 4.78 is 0. The normalized spacial score (nSPS) is 11.1. The monoisotopic (exact) mass is 269 g/mol. The predicted molar refractivity (Wildman–Crippen MR) is 66.1 cm³/mol. The highest BCUT2D eigenvalue weighted by Gasteiger charge is 2.37. The number of amides is 1. The minimum Gasteiger partial charge on any atom is -0.480 e. The van der Waals surface area contributed by atoms with E-state index in [-0.39, 0.29) is 12.2 Å². The van der Waals surface area contributed by atoms with Crippen LogP contribution in [0.3, 0.4) is 0 Å². The molecule has 0 aliphatic carbocycles. The second-order valence-electron chi connectivity index (χ2n) is 4.41. The van der Waals surface area contributed by atoms with E-state index in [0.717, 1.165) is 11.0 Å². The summed E-state index contributed by atoms with van der Waals surface area (Å²) in [6.45, 7) is 4.45. The molecule has 104 valence electrons. The van der Waals surface area contributed by atoms with Crippen molar-refractivity contribution in [3.05, 3.63) is 32.6 Å². The number of carbonyl (C=O) groups is 2. The third kappa shape index (κ3) is 2.90. The first kappa shape index (κ1) is 14.7. The van der Waals surface area contributed by atoms with Crippen LogP contribution in [0.15, 0.2) is 15.7 Å². The summed E-state index contributed by atoms with van der Waals surface area (Å²) in [7, 11) is 0. The van der Waals surface area contributed by atoms with E-state index < -0.39 is 28.7 Å². The number of carboxylic acids is 1. The van der Waals surface area contributed by atoms with Crippen LogP contribution >= 0.6 is 0 Å². The molecule has 1 aromatic rings. The molecule has 0 aliphatic heterocycles. The van der Waals surface area contributed by atoms with Crippen LogP contribution in [-0.4, -0.2) is 43.9 Å². The number of hydrogen-bond donors (Lipinski definition) is 3. The molecule has 0 fully saturated rings. The number of rotatable bonds is 4. The number of likely N-dealkylation sites (N-methyl/N-ethyl adjacent to an activating group) is 1. The molecule has 8 heteroatoms. The number of H-pyrrole nitrogens is 2. The number of aromatic amines is 2. The van der Waals surface area contributed by atoms with Gasteiger partial charge >= 0.3 is 11.7 Å². The Bertz CT molecular complexity index is 585. The minimum atomic E-state index is -1.45. The van der Waals surface area contributed by atoms with Crippen LogP contribution in [0.1, 0.15) is 31.3 Å². The van der Waals surface area contributed by atoms with Crippen LogP contribution in [0.5, 0.6) is 0 Å². The average Bonchev–Trinajstić information content (AvgIpc) is 2.27. The molecule has 0 spiro atoms. The Hall–Kier alpha value is -2.38. The third-order valence-corrected chi connectivity index (χ3v) is 2.75. The van der Waals surface area contributed by atoms with Crippen LogP contribution in [0.25, 0.3) is 0 Å². The topological polar surface area (TPSA) is 123 Å². The van der Waals surface area contributed by atoms with Crippen molar-refractivity contribution in [1.29, 1.82) is 0 Å². The fourth-order valence-electron chi connectivity index (χ4n) is 1.64. The standard InChI is InChI=1S/C11H15N3O5/c1-4-14(11(2,3)9(17)18)8(16)6-5-7(15)13-10(19)12-6/h5H,4H2,1-3H3,(H,17,18)(H2,12,13,15,19). The summed E-state index contributed by atoms with van der Waals surface area (Å²) in [6, 6.07) is 0.921. The van der Waals surface area contributed by atoms with Gasteiger partial charge < -0.3 is 15.0 Å². The zero-order valence-electron chi connectivity index (χ0n) is 10.8. The molecule has 0 saturated carbocycles. The number of nitrogens with one attached hydrogen (secondary N) is 2. The van der Waals surface area contributed by atoms with Crippen LogP contribution in [0.4, 0.5) is 0 Å². The molecular formula is C11H15N3O5. The first-order valence-corrected chi connectivity index (χ1v) is 5.59. The van der Waals surface area contributed by atoms with Crippen LogP contribution in [0, 0.1) is 0 Å². The fourth-order valence-corrected chi connectivity index (χ4v) is 1.64. The Morgan fingerprint density at radius 3 is 2.32 bits per heavy atom. The molecule has 8 nitrogen and oxygen atoms in total. The lowest BCUT2D eigenvalue weighted by atomic mass is 10.0. The van der Waals surface area contributed by atoms with Gasteiger partial charge in [0.1, 0.15) is 11.2 Å². The fraction of sp³-hybridized carbons (Fsp3) is 0.455. The van der Waals surface area contributed by atoms with E-state index in [2.05, 4.69) is 4.98 Å². The van der Waals surface area contributed by atoms with Crippen molar-refractivity contribution in [1.82, 2.24) is 14.9 Å². The summed E-state index contributed by atoms with van der Waals surface area (Å²) in [6.07, 6.45) is 0. The van der Waals surface area contributed by atoms with Crippen molar-refractivity contribution in [2.75, 3.05) is 6.54 Å². The number of aromatic nitrogens is 2. The van der Waals surface area contributed by atoms with E-state index in [0.29, 0.717) is 0 Å². The molecule has 1 rings (SSSR count). The quantitative estimate of drug-likeness (QED) is 0.672.